The van der Waals surface area contributed by atoms with Crippen LogP contribution >= 0.6 is 0 Å². The highest BCUT2D eigenvalue weighted by Gasteiger charge is 2.41. The zero-order valence-electron chi connectivity index (χ0n) is 11.3. The molecule has 2 N–H and O–H groups in total. The second kappa shape index (κ2) is 6.05. The monoisotopic (exact) mass is 260 g/mol. The summed E-state index contributed by atoms with van der Waals surface area (Å²) in [5.74, 6) is 0.616. The van der Waals surface area contributed by atoms with Crippen LogP contribution < -0.4 is 10.1 Å². The topological polar surface area (TPSA) is 65.3 Å². The second-order valence-electron chi connectivity index (χ2n) is 5.22. The Labute approximate surface area is 114 Å². The van der Waals surface area contributed by atoms with Gasteiger partial charge in [0.1, 0.15) is 11.8 Å². The molecule has 1 aromatic carbocycles. The molecule has 1 saturated carbocycles. The lowest BCUT2D eigenvalue weighted by atomic mass is 10.0. The van der Waals surface area contributed by atoms with Crippen molar-refractivity contribution < 1.29 is 9.84 Å². The number of nitriles is 1. The molecule has 2 rings (SSSR count). The number of benzene rings is 1. The molecule has 1 aliphatic rings. The Kier molecular flexibility index (Phi) is 4.41. The van der Waals surface area contributed by atoms with E-state index in [1.807, 2.05) is 18.2 Å². The van der Waals surface area contributed by atoms with Crippen LogP contribution in [-0.2, 0) is 6.54 Å². The highest BCUT2D eigenvalue weighted by atomic mass is 16.5. The lowest BCUT2D eigenvalue weighted by molar-refractivity contribution is 0.245. The Morgan fingerprint density at radius 1 is 1.47 bits per heavy atom. The van der Waals surface area contributed by atoms with Gasteiger partial charge in [-0.3, -0.25) is 0 Å². The van der Waals surface area contributed by atoms with Crippen LogP contribution in [0, 0.1) is 16.7 Å². The van der Waals surface area contributed by atoms with Gasteiger partial charge < -0.3 is 15.2 Å². The fourth-order valence-electron chi connectivity index (χ4n) is 2.35. The lowest BCUT2D eigenvalue weighted by Gasteiger charge is -2.14. The van der Waals surface area contributed by atoms with Gasteiger partial charge in [-0.15, -0.1) is 0 Å². The molecule has 0 saturated heterocycles. The Morgan fingerprint density at radius 3 is 2.84 bits per heavy atom. The minimum absolute atomic E-state index is 0.267. The molecule has 0 spiro atoms. The van der Waals surface area contributed by atoms with Crippen LogP contribution in [0.25, 0.3) is 0 Å². The Bertz CT molecular complexity index is 476. The standard InChI is InChI=1S/C15H20N2O2/c1-19-14-3-2-12(8-13(14)9-16)10-17-11-15(4-5-15)6-7-18/h2-3,8,17-18H,4-7,10-11H2,1H3. The summed E-state index contributed by atoms with van der Waals surface area (Å²) in [6, 6.07) is 7.80. The van der Waals surface area contributed by atoms with Gasteiger partial charge in [0.05, 0.1) is 12.7 Å². The van der Waals surface area contributed by atoms with E-state index in [2.05, 4.69) is 11.4 Å². The van der Waals surface area contributed by atoms with Crippen molar-refractivity contribution in [1.82, 2.24) is 5.32 Å². The van der Waals surface area contributed by atoms with E-state index in [9.17, 15) is 0 Å². The fraction of sp³-hybridized carbons (Fsp3) is 0.533. The lowest BCUT2D eigenvalue weighted by Crippen LogP contribution is -2.24. The van der Waals surface area contributed by atoms with E-state index in [-0.39, 0.29) is 6.61 Å². The fourth-order valence-corrected chi connectivity index (χ4v) is 2.35. The molecule has 4 nitrogen and oxygen atoms in total. The molecule has 0 amide bonds. The molecule has 0 radical (unpaired) electrons. The summed E-state index contributed by atoms with van der Waals surface area (Å²) in [6.45, 7) is 1.94. The van der Waals surface area contributed by atoms with Crippen LogP contribution in [0.15, 0.2) is 18.2 Å². The summed E-state index contributed by atoms with van der Waals surface area (Å²) >= 11 is 0. The SMILES string of the molecule is COc1ccc(CNCC2(CCO)CC2)cc1C#N. The number of nitrogens with zero attached hydrogens (tertiary/aromatic N) is 1. The summed E-state index contributed by atoms with van der Waals surface area (Å²) in [7, 11) is 1.57. The molecule has 1 fully saturated rings. The number of nitrogens with one attached hydrogen (secondary N) is 1. The average Bonchev–Trinajstić information content (AvgIpc) is 3.19. The third-order valence-electron chi connectivity index (χ3n) is 3.81. The van der Waals surface area contributed by atoms with Gasteiger partial charge in [-0.1, -0.05) is 6.07 Å². The number of ether oxygens (including phenoxy) is 1. The average molecular weight is 260 g/mol. The van der Waals surface area contributed by atoms with E-state index in [4.69, 9.17) is 15.1 Å². The predicted molar refractivity (Wildman–Crippen MR) is 72.8 cm³/mol. The van der Waals surface area contributed by atoms with E-state index >= 15 is 0 Å². The summed E-state index contributed by atoms with van der Waals surface area (Å²) < 4.78 is 5.12. The molecule has 0 unspecified atom stereocenters. The van der Waals surface area contributed by atoms with Gasteiger partial charge in [-0.2, -0.15) is 5.26 Å². The predicted octanol–water partition coefficient (Wildman–Crippen LogP) is 1.82. The van der Waals surface area contributed by atoms with E-state index in [1.54, 1.807) is 7.11 Å². The highest BCUT2D eigenvalue weighted by Crippen LogP contribution is 2.47. The largest absolute Gasteiger partial charge is 0.495 e. The maximum Gasteiger partial charge on any atom is 0.136 e. The first-order chi connectivity index (χ1) is 9.23. The molecule has 19 heavy (non-hydrogen) atoms. The van der Waals surface area contributed by atoms with Crippen LogP contribution in [0.2, 0.25) is 0 Å². The summed E-state index contributed by atoms with van der Waals surface area (Å²) in [5, 5.41) is 21.5. The van der Waals surface area contributed by atoms with Gasteiger partial charge in [-0.05, 0) is 42.4 Å². The Balaban J connectivity index is 1.88. The van der Waals surface area contributed by atoms with Gasteiger partial charge in [0.15, 0.2) is 0 Å². The molecule has 1 aliphatic carbocycles. The van der Waals surface area contributed by atoms with Gasteiger partial charge >= 0.3 is 0 Å². The summed E-state index contributed by atoms with van der Waals surface area (Å²) in [5.41, 5.74) is 1.97. The number of hydrogen-bond acceptors (Lipinski definition) is 4. The maximum atomic E-state index is 9.03. The van der Waals surface area contributed by atoms with Crippen molar-refractivity contribution in [3.63, 3.8) is 0 Å². The van der Waals surface area contributed by atoms with Gasteiger partial charge in [0.2, 0.25) is 0 Å². The maximum absolute atomic E-state index is 9.03. The number of aliphatic hydroxyl groups excluding tert-OH is 1. The quantitative estimate of drug-likeness (QED) is 0.785. The zero-order valence-corrected chi connectivity index (χ0v) is 11.3. The zero-order chi connectivity index (χ0) is 13.7. The van der Waals surface area contributed by atoms with Crippen LogP contribution in [0.4, 0.5) is 0 Å². The van der Waals surface area contributed by atoms with Crippen LogP contribution in [0.5, 0.6) is 5.75 Å². The highest BCUT2D eigenvalue weighted by molar-refractivity contribution is 5.45. The minimum Gasteiger partial charge on any atom is -0.495 e. The van der Waals surface area contributed by atoms with Crippen LogP contribution in [0.1, 0.15) is 30.4 Å². The first-order valence-corrected chi connectivity index (χ1v) is 6.62. The van der Waals surface area contributed by atoms with Crippen molar-refractivity contribution in [2.24, 2.45) is 5.41 Å². The van der Waals surface area contributed by atoms with Crippen molar-refractivity contribution in [2.75, 3.05) is 20.3 Å². The molecule has 0 aromatic heterocycles. The van der Waals surface area contributed by atoms with Crippen molar-refractivity contribution in [2.45, 2.75) is 25.8 Å². The third-order valence-corrected chi connectivity index (χ3v) is 3.81. The molecular weight excluding hydrogens is 240 g/mol. The first kappa shape index (κ1) is 13.9. The molecule has 0 aliphatic heterocycles. The van der Waals surface area contributed by atoms with Crippen molar-refractivity contribution in [3.8, 4) is 11.8 Å². The van der Waals surface area contributed by atoms with Crippen molar-refractivity contribution >= 4 is 0 Å². The molecule has 0 bridgehead atoms. The normalized spacial score (nSPS) is 15.8. The summed E-state index contributed by atoms with van der Waals surface area (Å²) in [4.78, 5) is 0. The molecule has 0 atom stereocenters. The van der Waals surface area contributed by atoms with Crippen molar-refractivity contribution in [1.29, 1.82) is 5.26 Å². The molecular formula is C15H20N2O2. The van der Waals surface area contributed by atoms with Gasteiger partial charge in [0.25, 0.3) is 0 Å². The van der Waals surface area contributed by atoms with E-state index in [1.165, 1.54) is 12.8 Å². The molecule has 102 valence electrons. The van der Waals surface area contributed by atoms with Crippen molar-refractivity contribution in [3.05, 3.63) is 29.3 Å². The molecule has 0 heterocycles. The smallest absolute Gasteiger partial charge is 0.136 e. The number of aliphatic hydroxyl groups is 1. The Morgan fingerprint density at radius 2 is 2.26 bits per heavy atom. The van der Waals surface area contributed by atoms with Crippen LogP contribution in [-0.4, -0.2) is 25.4 Å². The summed E-state index contributed by atoms with van der Waals surface area (Å²) in [6.07, 6.45) is 3.28. The first-order valence-electron chi connectivity index (χ1n) is 6.62. The number of methoxy groups -OCH3 is 1. The van der Waals surface area contributed by atoms with Gasteiger partial charge in [0, 0.05) is 19.7 Å². The van der Waals surface area contributed by atoms with E-state index < -0.39 is 0 Å². The number of rotatable bonds is 7. The molecule has 4 heteroatoms. The second-order valence-corrected chi connectivity index (χ2v) is 5.22. The van der Waals surface area contributed by atoms with E-state index in [0.717, 1.165) is 25.1 Å². The molecule has 1 aromatic rings. The minimum atomic E-state index is 0.267. The van der Waals surface area contributed by atoms with Crippen LogP contribution in [0.3, 0.4) is 0 Å². The van der Waals surface area contributed by atoms with Gasteiger partial charge in [-0.25, -0.2) is 0 Å². The Hall–Kier alpha value is -1.57. The van der Waals surface area contributed by atoms with E-state index in [0.29, 0.717) is 16.7 Å². The third kappa shape index (κ3) is 3.46. The number of hydrogen-bond donors (Lipinski definition) is 2.